The van der Waals surface area contributed by atoms with E-state index in [4.69, 9.17) is 4.74 Å². The number of aromatic nitrogens is 2. The van der Waals surface area contributed by atoms with E-state index in [0.717, 1.165) is 45.9 Å². The zero-order valence-corrected chi connectivity index (χ0v) is 14.5. The Morgan fingerprint density at radius 3 is 2.73 bits per heavy atom. The summed E-state index contributed by atoms with van der Waals surface area (Å²) in [6, 6.07) is 13.7. The lowest BCUT2D eigenvalue weighted by Gasteiger charge is -2.10. The quantitative estimate of drug-likeness (QED) is 0.760. The van der Waals surface area contributed by atoms with Crippen molar-refractivity contribution < 1.29 is 9.53 Å². The summed E-state index contributed by atoms with van der Waals surface area (Å²) in [5.41, 5.74) is 5.61. The first-order valence-corrected chi connectivity index (χ1v) is 8.51. The van der Waals surface area contributed by atoms with E-state index in [0.29, 0.717) is 6.54 Å². The predicted molar refractivity (Wildman–Crippen MR) is 102 cm³/mol. The third-order valence-electron chi connectivity index (χ3n) is 4.46. The number of hydrogen-bond donors (Lipinski definition) is 2. The average molecular weight is 345 g/mol. The van der Waals surface area contributed by atoms with E-state index in [9.17, 15) is 4.79 Å². The van der Waals surface area contributed by atoms with Crippen LogP contribution in [-0.4, -0.2) is 29.5 Å². The van der Waals surface area contributed by atoms with E-state index in [1.807, 2.05) is 54.6 Å². The van der Waals surface area contributed by atoms with Crippen LogP contribution < -0.4 is 10.1 Å². The molecule has 0 atom stereocenters. The van der Waals surface area contributed by atoms with E-state index in [1.165, 1.54) is 0 Å². The largest absolute Gasteiger partial charge is 0.497 e. The number of nitrogens with one attached hydrogen (secondary N) is 2. The molecule has 1 aliphatic heterocycles. The molecule has 2 N–H and O–H groups in total. The second kappa shape index (κ2) is 6.88. The Labute approximate surface area is 151 Å². The Balaban J connectivity index is 1.58. The highest BCUT2D eigenvalue weighted by Gasteiger charge is 2.19. The van der Waals surface area contributed by atoms with E-state index in [2.05, 4.69) is 15.3 Å². The van der Waals surface area contributed by atoms with Crippen molar-refractivity contribution in [3.63, 3.8) is 0 Å². The monoisotopic (exact) mass is 345 g/mol. The zero-order chi connectivity index (χ0) is 17.9. The Kier molecular flexibility index (Phi) is 4.27. The number of nitrogens with zero attached hydrogens (tertiary/aromatic N) is 1. The summed E-state index contributed by atoms with van der Waals surface area (Å²) < 4.78 is 5.17. The van der Waals surface area contributed by atoms with Crippen molar-refractivity contribution in [2.45, 2.75) is 6.42 Å². The van der Waals surface area contributed by atoms with Gasteiger partial charge >= 0.3 is 0 Å². The zero-order valence-electron chi connectivity index (χ0n) is 14.5. The lowest BCUT2D eigenvalue weighted by Crippen LogP contribution is -2.31. The van der Waals surface area contributed by atoms with Crippen LogP contribution in [0, 0.1) is 0 Å². The summed E-state index contributed by atoms with van der Waals surface area (Å²) in [7, 11) is 1.66. The molecule has 1 amide bonds. The van der Waals surface area contributed by atoms with Crippen molar-refractivity contribution >= 4 is 18.1 Å². The minimum atomic E-state index is -0.0116. The highest BCUT2D eigenvalue weighted by molar-refractivity contribution is 5.97. The maximum absolute atomic E-state index is 11.9. The smallest absolute Gasteiger partial charge is 0.253 e. The van der Waals surface area contributed by atoms with Gasteiger partial charge in [0.2, 0.25) is 0 Å². The molecule has 0 bridgehead atoms. The van der Waals surface area contributed by atoms with Gasteiger partial charge in [-0.05, 0) is 42.0 Å². The number of amides is 1. The highest BCUT2D eigenvalue weighted by Crippen LogP contribution is 2.24. The van der Waals surface area contributed by atoms with Crippen molar-refractivity contribution in [2.24, 2.45) is 0 Å². The van der Waals surface area contributed by atoms with Gasteiger partial charge in [0, 0.05) is 36.1 Å². The molecule has 0 radical (unpaired) electrons. The maximum Gasteiger partial charge on any atom is 0.253 e. The fraction of sp³-hybridized carbons (Fsp3) is 0.143. The first-order chi connectivity index (χ1) is 12.7. The van der Waals surface area contributed by atoms with Crippen molar-refractivity contribution in [3.05, 3.63) is 71.2 Å². The molecule has 2 aromatic heterocycles. The third kappa shape index (κ3) is 3.24. The second-order valence-electron chi connectivity index (χ2n) is 6.16. The van der Waals surface area contributed by atoms with Gasteiger partial charge in [-0.25, -0.2) is 0 Å². The molecular weight excluding hydrogens is 326 g/mol. The van der Waals surface area contributed by atoms with Crippen LogP contribution in [0.2, 0.25) is 0 Å². The van der Waals surface area contributed by atoms with Gasteiger partial charge in [0.05, 0.1) is 18.4 Å². The number of hydrogen-bond acceptors (Lipinski definition) is 3. The normalized spacial score (nSPS) is 13.5. The minimum Gasteiger partial charge on any atom is -0.497 e. The first kappa shape index (κ1) is 16.1. The summed E-state index contributed by atoms with van der Waals surface area (Å²) in [6.45, 7) is 0.679. The molecule has 26 heavy (non-hydrogen) atoms. The van der Waals surface area contributed by atoms with Gasteiger partial charge in [-0.2, -0.15) is 0 Å². The summed E-state index contributed by atoms with van der Waals surface area (Å²) in [4.78, 5) is 19.7. The van der Waals surface area contributed by atoms with Crippen molar-refractivity contribution in [1.29, 1.82) is 0 Å². The number of carbonyl (C=O) groups is 1. The van der Waals surface area contributed by atoms with Gasteiger partial charge in [0.1, 0.15) is 5.75 Å². The average Bonchev–Trinajstić information content (AvgIpc) is 3.13. The highest BCUT2D eigenvalue weighted by atomic mass is 16.5. The Bertz CT molecular complexity index is 971. The van der Waals surface area contributed by atoms with Crippen molar-refractivity contribution in [1.82, 2.24) is 15.3 Å². The maximum atomic E-state index is 11.9. The van der Waals surface area contributed by atoms with Crippen LogP contribution in [0.1, 0.15) is 27.3 Å². The SMILES string of the molecule is COc1ccc(/C=C/c2cc(-c3cc4c([nH]3)CCNC4=O)ccn2)cc1. The van der Waals surface area contributed by atoms with Gasteiger partial charge in [0.25, 0.3) is 5.91 Å². The second-order valence-corrected chi connectivity index (χ2v) is 6.16. The van der Waals surface area contributed by atoms with Gasteiger partial charge in [-0.15, -0.1) is 0 Å². The van der Waals surface area contributed by atoms with E-state index < -0.39 is 0 Å². The molecule has 4 rings (SSSR count). The van der Waals surface area contributed by atoms with Gasteiger partial charge in [-0.3, -0.25) is 9.78 Å². The number of ether oxygens (including phenoxy) is 1. The number of H-pyrrole nitrogens is 1. The number of aromatic amines is 1. The Hall–Kier alpha value is -3.34. The molecule has 0 spiro atoms. The molecular formula is C21H19N3O2. The number of pyridine rings is 1. The summed E-state index contributed by atoms with van der Waals surface area (Å²) in [5, 5.41) is 2.87. The van der Waals surface area contributed by atoms with Crippen LogP contribution in [-0.2, 0) is 6.42 Å². The van der Waals surface area contributed by atoms with Crippen LogP contribution in [0.25, 0.3) is 23.4 Å². The Morgan fingerprint density at radius 1 is 1.12 bits per heavy atom. The molecule has 0 fully saturated rings. The van der Waals surface area contributed by atoms with Crippen molar-refractivity contribution in [2.75, 3.05) is 13.7 Å². The summed E-state index contributed by atoms with van der Waals surface area (Å²) >= 11 is 0. The van der Waals surface area contributed by atoms with Crippen LogP contribution in [0.15, 0.2) is 48.7 Å². The lowest BCUT2D eigenvalue weighted by atomic mass is 10.1. The van der Waals surface area contributed by atoms with Crippen LogP contribution in [0.3, 0.4) is 0 Å². The molecule has 0 saturated carbocycles. The van der Waals surface area contributed by atoms with Crippen molar-refractivity contribution in [3.8, 4) is 17.0 Å². The van der Waals surface area contributed by atoms with E-state index in [-0.39, 0.29) is 5.91 Å². The topological polar surface area (TPSA) is 67.0 Å². The molecule has 0 unspecified atom stereocenters. The molecule has 0 saturated heterocycles. The number of methoxy groups -OCH3 is 1. The number of benzene rings is 1. The van der Waals surface area contributed by atoms with Gasteiger partial charge in [-0.1, -0.05) is 18.2 Å². The number of rotatable bonds is 4. The molecule has 1 aliphatic rings. The standard InChI is InChI=1S/C21H19N3O2/c1-26-17-6-3-14(4-7-17)2-5-16-12-15(8-10-22-16)20-13-18-19(24-20)9-11-23-21(18)25/h2-8,10,12-13,24H,9,11H2,1H3,(H,23,25)/b5-2+. The number of fused-ring (bicyclic) bond motifs is 1. The van der Waals surface area contributed by atoms with E-state index >= 15 is 0 Å². The molecule has 1 aromatic carbocycles. The van der Waals surface area contributed by atoms with Crippen LogP contribution >= 0.6 is 0 Å². The first-order valence-electron chi connectivity index (χ1n) is 8.51. The fourth-order valence-corrected chi connectivity index (χ4v) is 3.05. The molecule has 130 valence electrons. The van der Waals surface area contributed by atoms with Crippen LogP contribution in [0.4, 0.5) is 0 Å². The van der Waals surface area contributed by atoms with Gasteiger partial charge in [0.15, 0.2) is 0 Å². The van der Waals surface area contributed by atoms with E-state index in [1.54, 1.807) is 13.3 Å². The molecule has 5 heteroatoms. The lowest BCUT2D eigenvalue weighted by molar-refractivity contribution is 0.0946. The molecule has 0 aliphatic carbocycles. The number of carbonyl (C=O) groups excluding carboxylic acids is 1. The predicted octanol–water partition coefficient (Wildman–Crippen LogP) is 3.54. The fourth-order valence-electron chi connectivity index (χ4n) is 3.05. The van der Waals surface area contributed by atoms with Crippen LogP contribution in [0.5, 0.6) is 5.75 Å². The summed E-state index contributed by atoms with van der Waals surface area (Å²) in [6.07, 6.45) is 6.60. The molecule has 5 nitrogen and oxygen atoms in total. The molecule has 3 heterocycles. The van der Waals surface area contributed by atoms with Gasteiger partial charge < -0.3 is 15.0 Å². The minimum absolute atomic E-state index is 0.0116. The Morgan fingerprint density at radius 2 is 1.96 bits per heavy atom. The third-order valence-corrected chi connectivity index (χ3v) is 4.46. The summed E-state index contributed by atoms with van der Waals surface area (Å²) in [5.74, 6) is 0.824. The molecule has 3 aromatic rings.